The summed E-state index contributed by atoms with van der Waals surface area (Å²) >= 11 is 0. The molecular formula is C90H78IrN3O12. The van der Waals surface area contributed by atoms with Gasteiger partial charge in [0.05, 0.1) is 76.2 Å². The summed E-state index contributed by atoms with van der Waals surface area (Å²) < 4.78 is 67.7. The van der Waals surface area contributed by atoms with Crippen molar-refractivity contribution in [1.29, 1.82) is 0 Å². The zero-order valence-electron chi connectivity index (χ0n) is 59.2. The SMILES string of the molecule is C=Cc1ccc2c(c1)oc1c(-c3cc(-c4cccc(OCCOCCOC)c4)ccn3)[c-]ccc12.C=Cc1ccc2c(c1)oc1c(-c3cc(-c4cccc(OCCOCCOC)c4)ccn3)[c-]ccc12.C=Cc1ccc2c(c1)oc1c(-c3cc(-c4cccc(OCCOCCOC)c4)ccn3)[c-]ccc12.[Ir+3]. The monoisotopic (exact) mass is 1590 g/mol. The summed E-state index contributed by atoms with van der Waals surface area (Å²) in [5.74, 6) is 2.38. The van der Waals surface area contributed by atoms with Gasteiger partial charge < -0.3 is 70.8 Å². The Balaban J connectivity index is 0.000000148. The minimum Gasteiger partial charge on any atom is -0.501 e. The number of methoxy groups -OCH3 is 3. The number of benzene rings is 9. The smallest absolute Gasteiger partial charge is 0.501 e. The third kappa shape index (κ3) is 18.1. The predicted molar refractivity (Wildman–Crippen MR) is 419 cm³/mol. The Hall–Kier alpha value is -11.1. The number of furan rings is 3. The maximum absolute atomic E-state index is 6.27. The van der Waals surface area contributed by atoms with Gasteiger partial charge in [-0.3, -0.25) is 0 Å². The Morgan fingerprint density at radius 1 is 0.321 bits per heavy atom. The van der Waals surface area contributed by atoms with Gasteiger partial charge in [0.25, 0.3) is 0 Å². The van der Waals surface area contributed by atoms with Crippen molar-refractivity contribution in [3.8, 4) is 84.4 Å². The number of hydrogen-bond donors (Lipinski definition) is 0. The molecule has 15 nitrogen and oxygen atoms in total. The van der Waals surface area contributed by atoms with Crippen molar-refractivity contribution in [1.82, 2.24) is 15.0 Å². The molecule has 0 aliphatic rings. The molecule has 0 bridgehead atoms. The molecule has 0 spiro atoms. The van der Waals surface area contributed by atoms with Crippen LogP contribution in [0.25, 0.3) is 151 Å². The van der Waals surface area contributed by atoms with E-state index in [-0.39, 0.29) is 20.1 Å². The minimum absolute atomic E-state index is 0. The molecule has 0 saturated heterocycles. The van der Waals surface area contributed by atoms with Crippen molar-refractivity contribution in [2.75, 3.05) is 101 Å². The van der Waals surface area contributed by atoms with Crippen molar-refractivity contribution >= 4 is 84.0 Å². The quantitative estimate of drug-likeness (QED) is 0.0309. The summed E-state index contributed by atoms with van der Waals surface area (Å²) in [6, 6.07) is 76.4. The number of nitrogens with zero attached hydrogens (tertiary/aromatic N) is 3. The molecular weight excluding hydrogens is 1510 g/mol. The van der Waals surface area contributed by atoms with Gasteiger partial charge in [0.1, 0.15) is 53.8 Å². The maximum Gasteiger partial charge on any atom is 3.00 e. The van der Waals surface area contributed by atoms with Gasteiger partial charge >= 0.3 is 20.1 Å². The summed E-state index contributed by atoms with van der Waals surface area (Å²) in [6.07, 6.45) is 10.9. The number of fused-ring (bicyclic) bond motifs is 9. The fourth-order valence-electron chi connectivity index (χ4n) is 12.2. The standard InChI is InChI=1S/3C30H26NO4.Ir/c3*1-3-21-10-11-25-26-8-5-9-27(30(26)35-29(25)18-21)28-20-23(12-13-31-28)22-6-4-7-24(19-22)34-17-16-33-15-14-32-2;/h3*3-8,10-13,18-20H,1,14-17H2,2H3;/q3*-1;+3. The Kier molecular flexibility index (Phi) is 26.0. The van der Waals surface area contributed by atoms with Crippen LogP contribution in [0.4, 0.5) is 0 Å². The molecule has 0 N–H and O–H groups in total. The van der Waals surface area contributed by atoms with Crippen LogP contribution in [-0.2, 0) is 48.5 Å². The molecule has 6 aromatic heterocycles. The first-order valence-electron chi connectivity index (χ1n) is 34.6. The molecule has 0 unspecified atom stereocenters. The van der Waals surface area contributed by atoms with E-state index in [1.165, 1.54) is 0 Å². The second kappa shape index (κ2) is 37.0. The first-order valence-corrected chi connectivity index (χ1v) is 34.6. The number of aromatic nitrogens is 3. The molecule has 6 heterocycles. The molecule has 0 atom stereocenters. The molecule has 106 heavy (non-hydrogen) atoms. The zero-order chi connectivity index (χ0) is 72.1. The first kappa shape index (κ1) is 74.6. The van der Waals surface area contributed by atoms with Crippen LogP contribution in [-0.4, -0.2) is 116 Å². The normalized spacial score (nSPS) is 11.1. The molecule has 0 amide bonds. The average molecular weight is 1590 g/mol. The number of rotatable bonds is 30. The second-order valence-electron chi connectivity index (χ2n) is 24.2. The second-order valence-corrected chi connectivity index (χ2v) is 24.2. The fourth-order valence-corrected chi connectivity index (χ4v) is 12.2. The van der Waals surface area contributed by atoms with E-state index in [4.69, 9.17) is 55.9 Å². The van der Waals surface area contributed by atoms with Crippen LogP contribution < -0.4 is 14.2 Å². The fraction of sp³-hybridized carbons (Fsp3) is 0.167. The van der Waals surface area contributed by atoms with E-state index in [0.717, 1.165) is 167 Å². The van der Waals surface area contributed by atoms with E-state index >= 15 is 0 Å². The summed E-state index contributed by atoms with van der Waals surface area (Å²) in [7, 11) is 4.97. The van der Waals surface area contributed by atoms with Crippen LogP contribution in [0.3, 0.4) is 0 Å². The summed E-state index contributed by atoms with van der Waals surface area (Å²) in [5, 5.41) is 6.31. The van der Waals surface area contributed by atoms with Crippen LogP contribution in [0.5, 0.6) is 17.2 Å². The van der Waals surface area contributed by atoms with Crippen LogP contribution in [0.2, 0.25) is 0 Å². The van der Waals surface area contributed by atoms with Gasteiger partial charge in [-0.1, -0.05) is 162 Å². The Bertz CT molecular complexity index is 4950. The maximum atomic E-state index is 6.27. The Labute approximate surface area is 629 Å². The van der Waals surface area contributed by atoms with E-state index in [2.05, 4.69) is 107 Å². The third-order valence-electron chi connectivity index (χ3n) is 17.4. The van der Waals surface area contributed by atoms with E-state index < -0.39 is 0 Å². The Morgan fingerprint density at radius 2 is 0.613 bits per heavy atom. The van der Waals surface area contributed by atoms with Crippen molar-refractivity contribution in [3.63, 3.8) is 0 Å². The first-order chi connectivity index (χ1) is 51.8. The van der Waals surface area contributed by atoms with Gasteiger partial charge in [0.15, 0.2) is 0 Å². The molecule has 0 saturated carbocycles. The molecule has 0 fully saturated rings. The van der Waals surface area contributed by atoms with Gasteiger partial charge in [-0.05, 0) is 140 Å². The predicted octanol–water partition coefficient (Wildman–Crippen LogP) is 20.4. The molecule has 16 heteroatoms. The third-order valence-corrected chi connectivity index (χ3v) is 17.4. The summed E-state index contributed by atoms with van der Waals surface area (Å²) in [4.78, 5) is 13.9. The molecule has 15 rings (SSSR count). The molecule has 0 aliphatic heterocycles. The molecule has 534 valence electrons. The van der Waals surface area contributed by atoms with Crippen LogP contribution in [0, 0.1) is 18.2 Å². The van der Waals surface area contributed by atoms with Gasteiger partial charge in [0, 0.05) is 56.1 Å². The van der Waals surface area contributed by atoms with Crippen molar-refractivity contribution in [3.05, 3.63) is 273 Å². The van der Waals surface area contributed by atoms with E-state index in [9.17, 15) is 0 Å². The van der Waals surface area contributed by atoms with Crippen LogP contribution in [0.1, 0.15) is 16.7 Å². The van der Waals surface area contributed by atoms with Crippen molar-refractivity contribution in [2.24, 2.45) is 0 Å². The molecule has 9 aromatic carbocycles. The molecule has 0 aliphatic carbocycles. The van der Waals surface area contributed by atoms with Crippen LogP contribution in [0.15, 0.2) is 252 Å². The number of hydrogen-bond acceptors (Lipinski definition) is 15. The summed E-state index contributed by atoms with van der Waals surface area (Å²) in [5.41, 5.74) is 19.0. The number of ether oxygens (including phenoxy) is 9. The summed E-state index contributed by atoms with van der Waals surface area (Å²) in [6.45, 7) is 17.9. The van der Waals surface area contributed by atoms with Gasteiger partial charge in [-0.25, -0.2) is 0 Å². The van der Waals surface area contributed by atoms with Crippen molar-refractivity contribution in [2.45, 2.75) is 0 Å². The van der Waals surface area contributed by atoms with Crippen LogP contribution >= 0.6 is 0 Å². The largest absolute Gasteiger partial charge is 3.00 e. The topological polar surface area (TPSA) is 161 Å². The van der Waals surface area contributed by atoms with E-state index in [1.807, 2.05) is 182 Å². The zero-order valence-corrected chi connectivity index (χ0v) is 61.6. The minimum atomic E-state index is 0. The molecule has 15 aromatic rings. The number of pyridine rings is 3. The average Bonchev–Trinajstić information content (AvgIpc) is 1.62. The van der Waals surface area contributed by atoms with Gasteiger partial charge in [-0.15, -0.1) is 54.6 Å². The van der Waals surface area contributed by atoms with E-state index in [0.29, 0.717) is 79.3 Å². The van der Waals surface area contributed by atoms with Gasteiger partial charge in [-0.2, -0.15) is 0 Å². The van der Waals surface area contributed by atoms with Gasteiger partial charge in [0.2, 0.25) is 0 Å². The van der Waals surface area contributed by atoms with Crippen molar-refractivity contribution < 1.29 is 76.0 Å². The van der Waals surface area contributed by atoms with E-state index in [1.54, 1.807) is 21.3 Å². The molecule has 0 radical (unpaired) electrons. The Morgan fingerprint density at radius 3 is 0.906 bits per heavy atom.